The number of nitrogens with zero attached hydrogens (tertiary/aromatic N) is 3. The highest BCUT2D eigenvalue weighted by molar-refractivity contribution is 14.0. The van der Waals surface area contributed by atoms with Gasteiger partial charge in [0.15, 0.2) is 5.96 Å². The molecule has 2 N–H and O–H groups in total. The van der Waals surface area contributed by atoms with E-state index in [1.54, 1.807) is 0 Å². The minimum absolute atomic E-state index is 0. The molecular formula is C19H27F5IN5. The van der Waals surface area contributed by atoms with Crippen molar-refractivity contribution in [1.29, 1.82) is 0 Å². The Kier molecular flexibility index (Phi) is 8.95. The third kappa shape index (κ3) is 7.10. The second-order valence-electron chi connectivity index (χ2n) is 7.47. The van der Waals surface area contributed by atoms with E-state index in [4.69, 9.17) is 0 Å². The number of aliphatic imine (C=N–C) groups is 1. The lowest BCUT2D eigenvalue weighted by atomic mass is 10.2. The van der Waals surface area contributed by atoms with Gasteiger partial charge in [0.05, 0.1) is 12.2 Å². The molecule has 0 bridgehead atoms. The molecule has 30 heavy (non-hydrogen) atoms. The molecule has 170 valence electrons. The molecule has 2 aliphatic rings. The molecule has 2 heterocycles. The normalized spacial score (nSPS) is 22.9. The first kappa shape index (κ1) is 24.9. The summed E-state index contributed by atoms with van der Waals surface area (Å²) in [6, 6.07) is 3.43. The first-order valence-corrected chi connectivity index (χ1v) is 9.80. The fourth-order valence-corrected chi connectivity index (χ4v) is 3.86. The number of alkyl halides is 3. The van der Waals surface area contributed by atoms with Crippen molar-refractivity contribution in [2.45, 2.75) is 38.0 Å². The summed E-state index contributed by atoms with van der Waals surface area (Å²) in [6.45, 7) is 3.33. The van der Waals surface area contributed by atoms with Gasteiger partial charge in [0.2, 0.25) is 0 Å². The lowest BCUT2D eigenvalue weighted by Crippen LogP contribution is -2.49. The molecule has 2 aliphatic heterocycles. The van der Waals surface area contributed by atoms with Crippen molar-refractivity contribution in [1.82, 2.24) is 15.5 Å². The summed E-state index contributed by atoms with van der Waals surface area (Å²) in [5.74, 6) is -0.655. The Labute approximate surface area is 190 Å². The number of hydrogen-bond acceptors (Lipinski definition) is 3. The van der Waals surface area contributed by atoms with E-state index >= 15 is 0 Å². The van der Waals surface area contributed by atoms with Gasteiger partial charge in [-0.05, 0) is 31.9 Å². The minimum atomic E-state index is -4.20. The van der Waals surface area contributed by atoms with Gasteiger partial charge in [-0.3, -0.25) is 9.89 Å². The SMILES string of the molecule is CCN=C(NC1CCN(CC(F)(F)F)C1)NC1CCN(c2ccc(F)cc2F)C1.I. The van der Waals surface area contributed by atoms with Crippen LogP contribution in [0.4, 0.5) is 27.6 Å². The lowest BCUT2D eigenvalue weighted by Gasteiger charge is -2.23. The summed E-state index contributed by atoms with van der Waals surface area (Å²) in [6.07, 6.45) is -2.85. The Bertz CT molecular complexity index is 730. The van der Waals surface area contributed by atoms with E-state index in [1.807, 2.05) is 11.8 Å². The molecule has 0 aliphatic carbocycles. The van der Waals surface area contributed by atoms with Gasteiger partial charge in [0, 0.05) is 50.9 Å². The van der Waals surface area contributed by atoms with E-state index in [2.05, 4.69) is 15.6 Å². The zero-order valence-electron chi connectivity index (χ0n) is 16.7. The number of guanidine groups is 1. The molecule has 2 fully saturated rings. The van der Waals surface area contributed by atoms with Crippen LogP contribution in [0.15, 0.2) is 23.2 Å². The Morgan fingerprint density at radius 1 is 1.10 bits per heavy atom. The number of likely N-dealkylation sites (tertiary alicyclic amines) is 1. The van der Waals surface area contributed by atoms with Crippen LogP contribution >= 0.6 is 24.0 Å². The van der Waals surface area contributed by atoms with Crippen molar-refractivity contribution in [2.75, 3.05) is 44.2 Å². The molecule has 5 nitrogen and oxygen atoms in total. The van der Waals surface area contributed by atoms with Crippen LogP contribution < -0.4 is 15.5 Å². The second-order valence-corrected chi connectivity index (χ2v) is 7.47. The number of hydrogen-bond donors (Lipinski definition) is 2. The summed E-state index contributed by atoms with van der Waals surface area (Å²) in [4.78, 5) is 7.62. The summed E-state index contributed by atoms with van der Waals surface area (Å²) in [5.41, 5.74) is 0.358. The molecular weight excluding hydrogens is 520 g/mol. The zero-order chi connectivity index (χ0) is 21.0. The number of rotatable bonds is 5. The van der Waals surface area contributed by atoms with Crippen LogP contribution in [0.25, 0.3) is 0 Å². The maximum atomic E-state index is 14.0. The summed E-state index contributed by atoms with van der Waals surface area (Å²) in [7, 11) is 0. The molecule has 0 aromatic heterocycles. The van der Waals surface area contributed by atoms with Gasteiger partial charge in [0.25, 0.3) is 0 Å². The van der Waals surface area contributed by atoms with E-state index in [0.29, 0.717) is 50.8 Å². The van der Waals surface area contributed by atoms with Gasteiger partial charge >= 0.3 is 6.18 Å². The average Bonchev–Trinajstić information content (AvgIpc) is 3.23. The lowest BCUT2D eigenvalue weighted by molar-refractivity contribution is -0.143. The Morgan fingerprint density at radius 2 is 1.77 bits per heavy atom. The van der Waals surface area contributed by atoms with Crippen molar-refractivity contribution in [3.05, 3.63) is 29.8 Å². The molecule has 2 unspecified atom stereocenters. The molecule has 3 rings (SSSR count). The smallest absolute Gasteiger partial charge is 0.367 e. The first-order valence-electron chi connectivity index (χ1n) is 9.80. The number of nitrogens with one attached hydrogen (secondary N) is 2. The predicted molar refractivity (Wildman–Crippen MR) is 118 cm³/mol. The van der Waals surface area contributed by atoms with Crippen molar-refractivity contribution >= 4 is 35.6 Å². The highest BCUT2D eigenvalue weighted by Gasteiger charge is 2.35. The van der Waals surface area contributed by atoms with Gasteiger partial charge < -0.3 is 15.5 Å². The first-order chi connectivity index (χ1) is 13.7. The van der Waals surface area contributed by atoms with E-state index in [-0.39, 0.29) is 36.1 Å². The number of halogens is 6. The van der Waals surface area contributed by atoms with Crippen molar-refractivity contribution in [3.8, 4) is 0 Å². The van der Waals surface area contributed by atoms with E-state index in [1.165, 1.54) is 17.0 Å². The molecule has 11 heteroatoms. The molecule has 1 aromatic carbocycles. The van der Waals surface area contributed by atoms with Gasteiger partial charge in [-0.25, -0.2) is 8.78 Å². The zero-order valence-corrected chi connectivity index (χ0v) is 19.0. The topological polar surface area (TPSA) is 42.9 Å². The summed E-state index contributed by atoms with van der Waals surface area (Å²) >= 11 is 0. The van der Waals surface area contributed by atoms with Gasteiger partial charge in [-0.1, -0.05) is 0 Å². The molecule has 2 atom stereocenters. The Morgan fingerprint density at radius 3 is 2.40 bits per heavy atom. The fraction of sp³-hybridized carbons (Fsp3) is 0.632. The third-order valence-corrected chi connectivity index (χ3v) is 5.11. The third-order valence-electron chi connectivity index (χ3n) is 5.11. The molecule has 0 spiro atoms. The largest absolute Gasteiger partial charge is 0.401 e. The number of anilines is 1. The van der Waals surface area contributed by atoms with Gasteiger partial charge in [0.1, 0.15) is 11.6 Å². The minimum Gasteiger partial charge on any atom is -0.367 e. The second kappa shape index (κ2) is 10.8. The Hall–Kier alpha value is -1.37. The van der Waals surface area contributed by atoms with Crippen molar-refractivity contribution in [3.63, 3.8) is 0 Å². The molecule has 2 saturated heterocycles. The van der Waals surface area contributed by atoms with Crippen LogP contribution in [0.2, 0.25) is 0 Å². The predicted octanol–water partition coefficient (Wildman–Crippen LogP) is 3.35. The van der Waals surface area contributed by atoms with E-state index in [0.717, 1.165) is 12.5 Å². The van der Waals surface area contributed by atoms with Crippen LogP contribution in [0.1, 0.15) is 19.8 Å². The van der Waals surface area contributed by atoms with Crippen LogP contribution in [0, 0.1) is 11.6 Å². The highest BCUT2D eigenvalue weighted by Crippen LogP contribution is 2.24. The quantitative estimate of drug-likeness (QED) is 0.257. The van der Waals surface area contributed by atoms with Crippen molar-refractivity contribution < 1.29 is 22.0 Å². The van der Waals surface area contributed by atoms with Crippen LogP contribution in [0.3, 0.4) is 0 Å². The van der Waals surface area contributed by atoms with Crippen LogP contribution in [-0.4, -0.2) is 68.4 Å². The Balaban J connectivity index is 0.00000320. The van der Waals surface area contributed by atoms with Crippen LogP contribution in [0.5, 0.6) is 0 Å². The monoisotopic (exact) mass is 547 g/mol. The summed E-state index contributed by atoms with van der Waals surface area (Å²) in [5, 5.41) is 6.52. The molecule has 0 saturated carbocycles. The average molecular weight is 547 g/mol. The van der Waals surface area contributed by atoms with E-state index < -0.39 is 24.4 Å². The summed E-state index contributed by atoms with van der Waals surface area (Å²) < 4.78 is 64.8. The van der Waals surface area contributed by atoms with Gasteiger partial charge in [-0.15, -0.1) is 24.0 Å². The maximum Gasteiger partial charge on any atom is 0.401 e. The highest BCUT2D eigenvalue weighted by atomic mass is 127. The van der Waals surface area contributed by atoms with Gasteiger partial charge in [-0.2, -0.15) is 13.2 Å². The van der Waals surface area contributed by atoms with E-state index in [9.17, 15) is 22.0 Å². The molecule has 0 amide bonds. The van der Waals surface area contributed by atoms with Crippen LogP contribution in [-0.2, 0) is 0 Å². The fourth-order valence-electron chi connectivity index (χ4n) is 3.86. The standard InChI is InChI=1S/C19H26F5N5.HI/c1-2-25-18(26-14-5-7-28(10-14)12-19(22,23)24)27-15-6-8-29(11-15)17-4-3-13(20)9-16(17)21;/h3-4,9,14-15H,2,5-8,10-12H2,1H3,(H2,25,26,27);1H. The maximum absolute atomic E-state index is 14.0. The molecule has 0 radical (unpaired) electrons. The molecule has 1 aromatic rings. The number of benzene rings is 1. The van der Waals surface area contributed by atoms with Crippen molar-refractivity contribution in [2.24, 2.45) is 4.99 Å².